The molecule has 3 aromatic rings. The molecule has 2 N–H and O–H groups in total. The Kier molecular flexibility index (Phi) is 7.18. The topological polar surface area (TPSA) is 102 Å². The Balaban J connectivity index is 1.27. The second-order valence-electron chi connectivity index (χ2n) is 7.90. The summed E-state index contributed by atoms with van der Waals surface area (Å²) in [6.07, 6.45) is 6.91. The van der Waals surface area contributed by atoms with Gasteiger partial charge < -0.3 is 15.2 Å². The SMILES string of the molecule is O=C(Cc1ccncc1)N[C@H]1CC[C@H](CCn2cc(-c3ccccc3F)nn2)O[C@@H]1CO. The van der Waals surface area contributed by atoms with Crippen LogP contribution in [0.25, 0.3) is 11.3 Å². The molecule has 1 amide bonds. The third kappa shape index (κ3) is 5.54. The van der Waals surface area contributed by atoms with Crippen LogP contribution in [-0.4, -0.2) is 55.8 Å². The monoisotopic (exact) mass is 439 g/mol. The summed E-state index contributed by atoms with van der Waals surface area (Å²) in [4.78, 5) is 16.3. The van der Waals surface area contributed by atoms with Gasteiger partial charge in [0.1, 0.15) is 17.6 Å². The van der Waals surface area contributed by atoms with Crippen LogP contribution in [0.3, 0.4) is 0 Å². The highest BCUT2D eigenvalue weighted by Crippen LogP contribution is 2.23. The second-order valence-corrected chi connectivity index (χ2v) is 7.90. The Labute approximate surface area is 185 Å². The average Bonchev–Trinajstić information content (AvgIpc) is 3.28. The fourth-order valence-corrected chi connectivity index (χ4v) is 3.93. The number of aliphatic hydroxyl groups excluding tert-OH is 1. The number of carbonyl (C=O) groups is 1. The lowest BCUT2D eigenvalue weighted by Gasteiger charge is -2.36. The Morgan fingerprint density at radius 2 is 2.03 bits per heavy atom. The van der Waals surface area contributed by atoms with Crippen molar-refractivity contribution in [3.05, 3.63) is 66.4 Å². The molecule has 4 rings (SSSR count). The minimum absolute atomic E-state index is 0.0680. The zero-order valence-corrected chi connectivity index (χ0v) is 17.6. The molecule has 2 aromatic heterocycles. The number of aryl methyl sites for hydroxylation is 1. The first-order valence-electron chi connectivity index (χ1n) is 10.7. The van der Waals surface area contributed by atoms with Gasteiger partial charge in [-0.05, 0) is 49.1 Å². The third-order valence-electron chi connectivity index (χ3n) is 5.62. The molecule has 1 saturated heterocycles. The van der Waals surface area contributed by atoms with E-state index in [0.29, 0.717) is 24.2 Å². The van der Waals surface area contributed by atoms with Crippen molar-refractivity contribution >= 4 is 5.91 Å². The Bertz CT molecular complexity index is 1030. The van der Waals surface area contributed by atoms with E-state index in [2.05, 4.69) is 20.6 Å². The fraction of sp³-hybridized carbons (Fsp3) is 0.391. The van der Waals surface area contributed by atoms with Gasteiger partial charge in [0.05, 0.1) is 31.4 Å². The summed E-state index contributed by atoms with van der Waals surface area (Å²) in [6.45, 7) is 0.390. The number of carbonyl (C=O) groups excluding carboxylic acids is 1. The number of benzene rings is 1. The maximum atomic E-state index is 13.9. The number of hydrogen-bond donors (Lipinski definition) is 2. The van der Waals surface area contributed by atoms with Crippen LogP contribution in [0.2, 0.25) is 0 Å². The summed E-state index contributed by atoms with van der Waals surface area (Å²) in [5.41, 5.74) is 1.78. The van der Waals surface area contributed by atoms with Crippen LogP contribution in [0, 0.1) is 5.82 Å². The average molecular weight is 439 g/mol. The zero-order chi connectivity index (χ0) is 22.3. The summed E-state index contributed by atoms with van der Waals surface area (Å²) in [7, 11) is 0. The standard InChI is InChI=1S/C23H26FN5O3/c24-19-4-2-1-3-18(19)21-14-29(28-27-21)12-9-17-5-6-20(22(15-30)32-17)26-23(31)13-16-7-10-25-11-8-16/h1-4,7-8,10-11,14,17,20,22,30H,5-6,9,12-13,15H2,(H,26,31)/t17-,20+,22-/m1/s1. The summed E-state index contributed by atoms with van der Waals surface area (Å²) in [5, 5.41) is 20.9. The number of ether oxygens (including phenoxy) is 1. The minimum Gasteiger partial charge on any atom is -0.394 e. The molecule has 0 unspecified atom stereocenters. The van der Waals surface area contributed by atoms with Crippen molar-refractivity contribution in [2.45, 2.75) is 50.5 Å². The highest BCUT2D eigenvalue weighted by Gasteiger charge is 2.31. The maximum absolute atomic E-state index is 13.9. The number of amides is 1. The highest BCUT2D eigenvalue weighted by atomic mass is 19.1. The summed E-state index contributed by atoms with van der Waals surface area (Å²) in [5.74, 6) is -0.442. The first kappa shape index (κ1) is 22.0. The number of hydrogen-bond acceptors (Lipinski definition) is 6. The molecule has 1 aliphatic heterocycles. The van der Waals surface area contributed by atoms with E-state index in [-0.39, 0.29) is 36.9 Å². The van der Waals surface area contributed by atoms with Crippen molar-refractivity contribution < 1.29 is 19.0 Å². The van der Waals surface area contributed by atoms with E-state index in [1.54, 1.807) is 53.6 Å². The first-order valence-corrected chi connectivity index (χ1v) is 10.7. The molecular weight excluding hydrogens is 413 g/mol. The molecule has 3 heterocycles. The van der Waals surface area contributed by atoms with E-state index in [1.165, 1.54) is 6.07 Å². The predicted octanol–water partition coefficient (Wildman–Crippen LogP) is 2.14. The van der Waals surface area contributed by atoms with Crippen molar-refractivity contribution in [2.75, 3.05) is 6.61 Å². The summed E-state index contributed by atoms with van der Waals surface area (Å²) >= 11 is 0. The largest absolute Gasteiger partial charge is 0.394 e. The van der Waals surface area contributed by atoms with Crippen LogP contribution in [-0.2, 0) is 22.5 Å². The summed E-state index contributed by atoms with van der Waals surface area (Å²) in [6, 6.07) is 9.83. The van der Waals surface area contributed by atoms with Gasteiger partial charge in [-0.1, -0.05) is 17.3 Å². The highest BCUT2D eigenvalue weighted by molar-refractivity contribution is 5.78. The second kappa shape index (κ2) is 10.4. The van der Waals surface area contributed by atoms with E-state index in [9.17, 15) is 14.3 Å². The number of aromatic nitrogens is 4. The molecular formula is C23H26FN5O3. The van der Waals surface area contributed by atoms with E-state index >= 15 is 0 Å². The molecule has 0 aliphatic carbocycles. The van der Waals surface area contributed by atoms with Crippen molar-refractivity contribution in [1.82, 2.24) is 25.3 Å². The molecule has 0 saturated carbocycles. The van der Waals surface area contributed by atoms with Gasteiger partial charge in [0.25, 0.3) is 0 Å². The van der Waals surface area contributed by atoms with Crippen molar-refractivity contribution in [1.29, 1.82) is 0 Å². The number of halogens is 1. The van der Waals surface area contributed by atoms with E-state index in [0.717, 1.165) is 18.4 Å². The molecule has 1 aromatic carbocycles. The maximum Gasteiger partial charge on any atom is 0.224 e. The number of aliphatic hydroxyl groups is 1. The van der Waals surface area contributed by atoms with Crippen LogP contribution in [0.15, 0.2) is 55.0 Å². The smallest absolute Gasteiger partial charge is 0.224 e. The van der Waals surface area contributed by atoms with Gasteiger partial charge in [-0.2, -0.15) is 0 Å². The van der Waals surface area contributed by atoms with Gasteiger partial charge in [-0.25, -0.2) is 4.39 Å². The number of nitrogens with one attached hydrogen (secondary N) is 1. The molecule has 0 spiro atoms. The molecule has 0 bridgehead atoms. The van der Waals surface area contributed by atoms with Crippen molar-refractivity contribution in [3.8, 4) is 11.3 Å². The Morgan fingerprint density at radius 1 is 1.22 bits per heavy atom. The Hall–Kier alpha value is -3.17. The normalized spacial score (nSPS) is 20.8. The number of rotatable bonds is 8. The fourth-order valence-electron chi connectivity index (χ4n) is 3.93. The van der Waals surface area contributed by atoms with Gasteiger partial charge in [0.15, 0.2) is 0 Å². The molecule has 32 heavy (non-hydrogen) atoms. The van der Waals surface area contributed by atoms with Gasteiger partial charge in [0, 0.05) is 24.5 Å². The van der Waals surface area contributed by atoms with Crippen molar-refractivity contribution in [2.24, 2.45) is 0 Å². The summed E-state index contributed by atoms with van der Waals surface area (Å²) < 4.78 is 21.6. The van der Waals surface area contributed by atoms with E-state index < -0.39 is 6.10 Å². The van der Waals surface area contributed by atoms with E-state index in [4.69, 9.17) is 4.74 Å². The third-order valence-corrected chi connectivity index (χ3v) is 5.62. The van der Waals surface area contributed by atoms with E-state index in [1.807, 2.05) is 0 Å². The molecule has 0 radical (unpaired) electrons. The number of nitrogens with zero attached hydrogens (tertiary/aromatic N) is 4. The van der Waals surface area contributed by atoms with Crippen molar-refractivity contribution in [3.63, 3.8) is 0 Å². The van der Waals surface area contributed by atoms with Crippen LogP contribution in [0.5, 0.6) is 0 Å². The lowest BCUT2D eigenvalue weighted by Crippen LogP contribution is -2.51. The van der Waals surface area contributed by atoms with Gasteiger partial charge >= 0.3 is 0 Å². The van der Waals surface area contributed by atoms with Gasteiger partial charge in [0.2, 0.25) is 5.91 Å². The van der Waals surface area contributed by atoms with Crippen LogP contribution >= 0.6 is 0 Å². The minimum atomic E-state index is -0.458. The molecule has 3 atom stereocenters. The lowest BCUT2D eigenvalue weighted by molar-refractivity contribution is -0.128. The van der Waals surface area contributed by atoms with Gasteiger partial charge in [-0.3, -0.25) is 14.5 Å². The molecule has 1 fully saturated rings. The molecule has 168 valence electrons. The van der Waals surface area contributed by atoms with Crippen LogP contribution in [0.1, 0.15) is 24.8 Å². The molecule has 1 aliphatic rings. The first-order chi connectivity index (χ1) is 15.6. The zero-order valence-electron chi connectivity index (χ0n) is 17.6. The predicted molar refractivity (Wildman–Crippen MR) is 115 cm³/mol. The quantitative estimate of drug-likeness (QED) is 0.558. The number of pyridine rings is 1. The Morgan fingerprint density at radius 3 is 2.81 bits per heavy atom. The van der Waals surface area contributed by atoms with Gasteiger partial charge in [-0.15, -0.1) is 5.10 Å². The van der Waals surface area contributed by atoms with Crippen LogP contribution < -0.4 is 5.32 Å². The van der Waals surface area contributed by atoms with Crippen LogP contribution in [0.4, 0.5) is 4.39 Å². The lowest BCUT2D eigenvalue weighted by atomic mass is 9.96. The molecule has 9 heteroatoms. The molecule has 8 nitrogen and oxygen atoms in total.